The summed E-state index contributed by atoms with van der Waals surface area (Å²) in [4.78, 5) is 51.2. The lowest BCUT2D eigenvalue weighted by molar-refractivity contribution is -0.684. The van der Waals surface area contributed by atoms with Crippen LogP contribution in [-0.2, 0) is 41.3 Å². The highest BCUT2D eigenvalue weighted by atomic mass is 32.2. The molecule has 1 aromatic carbocycles. The normalized spacial score (nSPS) is 18.0. The van der Waals surface area contributed by atoms with Crippen molar-refractivity contribution in [1.29, 1.82) is 0 Å². The molecule has 0 aliphatic carbocycles. The SMILES string of the molecule is CC1(C)C(/C=C/C=C2\c3ccccc3ON2CCCS(=O)(=O)[O-])=Nc2c1ccc[n+]2CCCCCC(=O)ON1C(=O)CCC1=O. The van der Waals surface area contributed by atoms with E-state index in [4.69, 9.17) is 14.7 Å². The van der Waals surface area contributed by atoms with Crippen molar-refractivity contribution in [3.63, 3.8) is 0 Å². The monoisotopic (exact) mass is 636 g/mol. The maximum absolute atomic E-state index is 12.1. The number of nitrogens with zero attached hydrogens (tertiary/aromatic N) is 4. The quantitative estimate of drug-likeness (QED) is 0.139. The second-order valence-corrected chi connectivity index (χ2v) is 13.2. The second kappa shape index (κ2) is 13.3. The first-order valence-electron chi connectivity index (χ1n) is 15.0. The number of aromatic nitrogens is 1. The van der Waals surface area contributed by atoms with Gasteiger partial charge in [0.25, 0.3) is 11.8 Å². The molecule has 0 saturated carbocycles. The van der Waals surface area contributed by atoms with E-state index in [1.54, 1.807) is 5.06 Å². The number of carbonyl (C=O) groups excluding carboxylic acids is 3. The number of pyridine rings is 1. The first kappa shape index (κ1) is 32.0. The lowest BCUT2D eigenvalue weighted by Gasteiger charge is -2.19. The Kier molecular flexibility index (Phi) is 9.49. The van der Waals surface area contributed by atoms with Gasteiger partial charge >= 0.3 is 11.8 Å². The third-order valence-electron chi connectivity index (χ3n) is 7.96. The Morgan fingerprint density at radius 1 is 1.09 bits per heavy atom. The predicted octanol–water partition coefficient (Wildman–Crippen LogP) is 3.65. The van der Waals surface area contributed by atoms with E-state index >= 15 is 0 Å². The molecule has 0 spiro atoms. The Bertz CT molecular complexity index is 1680. The smallest absolute Gasteiger partial charge is 0.333 e. The van der Waals surface area contributed by atoms with Crippen LogP contribution >= 0.6 is 0 Å². The third kappa shape index (κ3) is 7.48. The second-order valence-electron chi connectivity index (χ2n) is 11.6. The Morgan fingerprint density at radius 2 is 1.84 bits per heavy atom. The van der Waals surface area contributed by atoms with E-state index < -0.39 is 33.7 Å². The molecule has 0 atom stereocenters. The fraction of sp³-hybridized carbons (Fsp3) is 0.406. The molecule has 0 unspecified atom stereocenters. The van der Waals surface area contributed by atoms with Crippen LogP contribution in [-0.4, -0.2) is 58.9 Å². The summed E-state index contributed by atoms with van der Waals surface area (Å²) in [7, 11) is -4.32. The minimum atomic E-state index is -4.32. The topological polar surface area (TPSA) is 150 Å². The van der Waals surface area contributed by atoms with E-state index in [0.29, 0.717) is 23.8 Å². The number of benzene rings is 1. The number of allylic oxidation sites excluding steroid dienone is 3. The summed E-state index contributed by atoms with van der Waals surface area (Å²) >= 11 is 0. The molecule has 3 aliphatic rings. The van der Waals surface area contributed by atoms with Crippen molar-refractivity contribution in [2.45, 2.75) is 70.8 Å². The number of rotatable bonds is 13. The molecular weight excluding hydrogens is 600 g/mol. The van der Waals surface area contributed by atoms with Crippen LogP contribution in [0.15, 0.2) is 65.8 Å². The molecule has 45 heavy (non-hydrogen) atoms. The number of imide groups is 1. The fourth-order valence-corrected chi connectivity index (χ4v) is 6.00. The van der Waals surface area contributed by atoms with Gasteiger partial charge in [-0.3, -0.25) is 9.59 Å². The lowest BCUT2D eigenvalue weighted by Crippen LogP contribution is -2.35. The van der Waals surface area contributed by atoms with E-state index in [0.717, 1.165) is 41.2 Å². The van der Waals surface area contributed by atoms with E-state index in [9.17, 15) is 27.4 Å². The van der Waals surface area contributed by atoms with Gasteiger partial charge in [-0.15, -0.1) is 5.06 Å². The molecule has 1 fully saturated rings. The number of hydrogen-bond donors (Lipinski definition) is 0. The van der Waals surface area contributed by atoms with Crippen LogP contribution in [0.1, 0.15) is 69.9 Å². The molecule has 238 valence electrons. The number of carbonyl (C=O) groups is 3. The fourth-order valence-electron chi connectivity index (χ4n) is 5.52. The first-order valence-corrected chi connectivity index (χ1v) is 16.6. The summed E-state index contributed by atoms with van der Waals surface area (Å²) in [5, 5.41) is 2.19. The molecule has 12 nitrogen and oxygen atoms in total. The van der Waals surface area contributed by atoms with E-state index in [1.165, 1.54) is 0 Å². The van der Waals surface area contributed by atoms with Gasteiger partial charge in [-0.1, -0.05) is 18.2 Å². The first-order chi connectivity index (χ1) is 21.4. The number of fused-ring (bicyclic) bond motifs is 2. The highest BCUT2D eigenvalue weighted by molar-refractivity contribution is 7.85. The average Bonchev–Trinajstić information content (AvgIpc) is 3.59. The molecule has 2 aromatic rings. The highest BCUT2D eigenvalue weighted by Crippen LogP contribution is 2.39. The van der Waals surface area contributed by atoms with Crippen molar-refractivity contribution < 1.29 is 41.6 Å². The summed E-state index contributed by atoms with van der Waals surface area (Å²) < 4.78 is 35.4. The van der Waals surface area contributed by atoms with Crippen molar-refractivity contribution in [3.05, 3.63) is 72.0 Å². The molecule has 2 amide bonds. The molecule has 1 aromatic heterocycles. The van der Waals surface area contributed by atoms with E-state index in [1.807, 2.05) is 54.8 Å². The van der Waals surface area contributed by atoms with Crippen LogP contribution in [0, 0.1) is 0 Å². The van der Waals surface area contributed by atoms with Crippen molar-refractivity contribution >= 4 is 45.1 Å². The van der Waals surface area contributed by atoms with Crippen LogP contribution in [0.4, 0.5) is 5.82 Å². The Morgan fingerprint density at radius 3 is 2.60 bits per heavy atom. The van der Waals surface area contributed by atoms with Gasteiger partial charge in [0.1, 0.15) is 0 Å². The Hall–Kier alpha value is -4.36. The van der Waals surface area contributed by atoms with Gasteiger partial charge < -0.3 is 14.2 Å². The molecule has 3 aliphatic heterocycles. The summed E-state index contributed by atoms with van der Waals surface area (Å²) in [6.07, 6.45) is 10.3. The Balaban J connectivity index is 1.21. The molecular formula is C32H36N4O8S. The molecule has 0 bridgehead atoms. The predicted molar refractivity (Wildman–Crippen MR) is 162 cm³/mol. The van der Waals surface area contributed by atoms with Crippen molar-refractivity contribution in [2.24, 2.45) is 4.99 Å². The minimum Gasteiger partial charge on any atom is -0.748 e. The van der Waals surface area contributed by atoms with Crippen LogP contribution in [0.25, 0.3) is 5.70 Å². The van der Waals surface area contributed by atoms with Gasteiger partial charge in [0.2, 0.25) is 0 Å². The van der Waals surface area contributed by atoms with Gasteiger partial charge in [0.15, 0.2) is 11.5 Å². The summed E-state index contributed by atoms with van der Waals surface area (Å²) in [6, 6.07) is 11.6. The van der Waals surface area contributed by atoms with Gasteiger partial charge in [0.05, 0.1) is 46.1 Å². The Labute approximate surface area is 262 Å². The molecule has 13 heteroatoms. The van der Waals surface area contributed by atoms with Crippen LogP contribution in [0.2, 0.25) is 0 Å². The maximum Gasteiger partial charge on any atom is 0.333 e. The van der Waals surface area contributed by atoms with Crippen LogP contribution < -0.4 is 9.40 Å². The third-order valence-corrected chi connectivity index (χ3v) is 8.75. The average molecular weight is 637 g/mol. The number of unbranched alkanes of at least 4 members (excludes halogenated alkanes) is 2. The zero-order chi connectivity index (χ0) is 32.2. The van der Waals surface area contributed by atoms with E-state index in [-0.39, 0.29) is 37.6 Å². The van der Waals surface area contributed by atoms with Crippen LogP contribution in [0.3, 0.4) is 0 Å². The zero-order valence-electron chi connectivity index (χ0n) is 25.3. The van der Waals surface area contributed by atoms with Crippen molar-refractivity contribution in [2.75, 3.05) is 12.3 Å². The number of aryl methyl sites for hydroxylation is 1. The largest absolute Gasteiger partial charge is 0.748 e. The van der Waals surface area contributed by atoms with Crippen molar-refractivity contribution in [1.82, 2.24) is 10.1 Å². The lowest BCUT2D eigenvalue weighted by atomic mass is 9.82. The summed E-state index contributed by atoms with van der Waals surface area (Å²) in [6.45, 7) is 5.17. The number of hydroxylamine groups is 4. The number of para-hydroxylation sites is 1. The molecule has 4 heterocycles. The summed E-state index contributed by atoms with van der Waals surface area (Å²) in [5.41, 5.74) is 3.24. The number of hydrogen-bond acceptors (Lipinski definition) is 10. The van der Waals surface area contributed by atoms with Crippen molar-refractivity contribution in [3.8, 4) is 5.75 Å². The van der Waals surface area contributed by atoms with Gasteiger partial charge in [-0.25, -0.2) is 22.8 Å². The minimum absolute atomic E-state index is 0.0710. The number of aliphatic imine (C=N–C) groups is 1. The zero-order valence-corrected chi connectivity index (χ0v) is 26.1. The van der Waals surface area contributed by atoms with Gasteiger partial charge in [0, 0.05) is 30.6 Å². The summed E-state index contributed by atoms with van der Waals surface area (Å²) in [5.74, 6) is -0.494. The number of amides is 2. The highest BCUT2D eigenvalue weighted by Gasteiger charge is 2.42. The van der Waals surface area contributed by atoms with E-state index in [2.05, 4.69) is 24.5 Å². The maximum atomic E-state index is 12.1. The standard InChI is InChI=1S/C32H36N4O8S/c1-32(2)24-12-9-20-34(19-7-3-4-16-30(39)44-36-28(37)17-18-29(36)38)31(24)33-27(32)15-8-13-25-23-11-5-6-14-26(23)43-35(25)21-10-22-45(40,41)42/h5-6,8-9,11-15,20H,3-4,7,10,16-19,21-22H2,1-2H3. The van der Waals surface area contributed by atoms with Gasteiger partial charge in [-0.05, 0) is 80.9 Å². The molecule has 5 rings (SSSR count). The molecule has 1 saturated heterocycles. The van der Waals surface area contributed by atoms with Crippen LogP contribution in [0.5, 0.6) is 5.75 Å². The molecule has 0 N–H and O–H groups in total. The molecule has 0 radical (unpaired) electrons. The van der Waals surface area contributed by atoms with Gasteiger partial charge in [-0.2, -0.15) is 0 Å².